The van der Waals surface area contributed by atoms with Gasteiger partial charge in [-0.15, -0.1) is 0 Å². The summed E-state index contributed by atoms with van der Waals surface area (Å²) in [5.41, 5.74) is 6.67. The first-order valence-electron chi connectivity index (χ1n) is 10.4. The minimum atomic E-state index is -0.0285. The second kappa shape index (κ2) is 8.81. The minimum absolute atomic E-state index is 0.0285. The zero-order valence-corrected chi connectivity index (χ0v) is 18.9. The fraction of sp³-hybridized carbons (Fsp3) is 0. The van der Waals surface area contributed by atoms with Crippen LogP contribution in [0.25, 0.3) is 22.9 Å². The molecule has 0 spiro atoms. The predicted octanol–water partition coefficient (Wildman–Crippen LogP) is 7.59. The smallest absolute Gasteiger partial charge is 0.262 e. The van der Waals surface area contributed by atoms with E-state index in [1.807, 2.05) is 97.1 Å². The molecule has 1 heterocycles. The number of halogens is 1. The molecule has 0 aliphatic carbocycles. The van der Waals surface area contributed by atoms with E-state index in [1.165, 1.54) is 0 Å². The van der Waals surface area contributed by atoms with Gasteiger partial charge in [-0.25, -0.2) is 0 Å². The van der Waals surface area contributed by atoms with E-state index >= 15 is 0 Å². The third-order valence-corrected chi connectivity index (χ3v) is 6.01. The number of nitrogens with zero attached hydrogens (tertiary/aromatic N) is 1. The van der Waals surface area contributed by atoms with Crippen LogP contribution < -0.4 is 4.90 Å². The second-order valence-electron chi connectivity index (χ2n) is 7.60. The van der Waals surface area contributed by atoms with E-state index in [2.05, 4.69) is 40.2 Å². The first-order valence-corrected chi connectivity index (χ1v) is 11.2. The summed E-state index contributed by atoms with van der Waals surface area (Å²) in [6.45, 7) is 0. The van der Waals surface area contributed by atoms with E-state index in [0.717, 1.165) is 38.1 Å². The van der Waals surface area contributed by atoms with Gasteiger partial charge >= 0.3 is 0 Å². The number of carbonyl (C=O) groups excluding carboxylic acids is 1. The van der Waals surface area contributed by atoms with Crippen LogP contribution in [0.3, 0.4) is 0 Å². The maximum atomic E-state index is 13.5. The molecule has 0 saturated carbocycles. The molecule has 5 rings (SSSR count). The van der Waals surface area contributed by atoms with Crippen LogP contribution in [0.5, 0.6) is 0 Å². The van der Waals surface area contributed by atoms with Crippen molar-refractivity contribution in [1.29, 1.82) is 0 Å². The van der Waals surface area contributed by atoms with Gasteiger partial charge in [0.2, 0.25) is 0 Å². The number of anilines is 1. The highest BCUT2D eigenvalue weighted by atomic mass is 79.9. The molecule has 1 aliphatic heterocycles. The Hall–Kier alpha value is -3.69. The van der Waals surface area contributed by atoms with Crippen molar-refractivity contribution in [2.75, 3.05) is 4.90 Å². The summed E-state index contributed by atoms with van der Waals surface area (Å²) in [4.78, 5) is 15.3. The number of benzene rings is 4. The molecule has 0 fully saturated rings. The number of rotatable bonds is 4. The van der Waals surface area contributed by atoms with Gasteiger partial charge in [0.05, 0.1) is 5.70 Å². The summed E-state index contributed by atoms with van der Waals surface area (Å²) >= 11 is 3.47. The van der Waals surface area contributed by atoms with Gasteiger partial charge in [0.1, 0.15) is 0 Å². The highest BCUT2D eigenvalue weighted by Crippen LogP contribution is 2.36. The van der Waals surface area contributed by atoms with Crippen molar-refractivity contribution in [1.82, 2.24) is 0 Å². The van der Waals surface area contributed by atoms with E-state index in [-0.39, 0.29) is 5.91 Å². The number of amides is 1. The van der Waals surface area contributed by atoms with Crippen molar-refractivity contribution < 1.29 is 4.79 Å². The summed E-state index contributed by atoms with van der Waals surface area (Å²) in [5, 5.41) is 0. The van der Waals surface area contributed by atoms with E-state index in [9.17, 15) is 4.79 Å². The lowest BCUT2D eigenvalue weighted by Gasteiger charge is -2.21. The van der Waals surface area contributed by atoms with Crippen LogP contribution in [0.2, 0.25) is 0 Å². The Balaban J connectivity index is 1.55. The lowest BCUT2D eigenvalue weighted by Crippen LogP contribution is -2.24. The molecule has 0 saturated heterocycles. The van der Waals surface area contributed by atoms with Gasteiger partial charge in [0, 0.05) is 15.7 Å². The Bertz CT molecular complexity index is 1310. The van der Waals surface area contributed by atoms with Crippen molar-refractivity contribution >= 4 is 39.3 Å². The molecule has 1 aliphatic rings. The van der Waals surface area contributed by atoms with Gasteiger partial charge in [0.25, 0.3) is 5.91 Å². The maximum absolute atomic E-state index is 13.5. The van der Waals surface area contributed by atoms with Crippen LogP contribution in [-0.4, -0.2) is 5.91 Å². The largest absolute Gasteiger partial charge is 0.276 e. The molecule has 3 heteroatoms. The van der Waals surface area contributed by atoms with Crippen molar-refractivity contribution in [3.05, 3.63) is 136 Å². The molecule has 0 aromatic heterocycles. The Morgan fingerprint density at radius 3 is 1.81 bits per heavy atom. The van der Waals surface area contributed by atoms with Crippen molar-refractivity contribution in [2.24, 2.45) is 0 Å². The molecule has 0 atom stereocenters. The summed E-state index contributed by atoms with van der Waals surface area (Å²) in [6.07, 6.45) is 3.92. The van der Waals surface area contributed by atoms with Gasteiger partial charge in [-0.05, 0) is 58.7 Å². The average Bonchev–Trinajstić information content (AvgIpc) is 3.17. The van der Waals surface area contributed by atoms with E-state index < -0.39 is 0 Å². The molecule has 1 amide bonds. The highest BCUT2D eigenvalue weighted by Gasteiger charge is 2.30. The zero-order valence-electron chi connectivity index (χ0n) is 17.3. The molecular weight excluding hydrogens is 458 g/mol. The van der Waals surface area contributed by atoms with Crippen LogP contribution in [0.15, 0.2) is 125 Å². The van der Waals surface area contributed by atoms with Crippen LogP contribution >= 0.6 is 15.9 Å². The van der Waals surface area contributed by atoms with Crippen molar-refractivity contribution in [2.45, 2.75) is 0 Å². The lowest BCUT2D eigenvalue weighted by atomic mass is 10.0. The SMILES string of the molecule is O=C1/C(=C/c2ccc(Br)cc2)C=C(c2ccccc2)N1c1ccc(-c2ccccc2)cc1. The van der Waals surface area contributed by atoms with Crippen LogP contribution in [0.4, 0.5) is 5.69 Å². The molecule has 0 N–H and O–H groups in total. The highest BCUT2D eigenvalue weighted by molar-refractivity contribution is 9.10. The summed E-state index contributed by atoms with van der Waals surface area (Å²) < 4.78 is 1.01. The first kappa shape index (κ1) is 20.2. The summed E-state index contributed by atoms with van der Waals surface area (Å²) in [5.74, 6) is -0.0285. The van der Waals surface area contributed by atoms with Gasteiger partial charge in [-0.3, -0.25) is 9.69 Å². The second-order valence-corrected chi connectivity index (χ2v) is 8.52. The summed E-state index contributed by atoms with van der Waals surface area (Å²) in [7, 11) is 0. The zero-order chi connectivity index (χ0) is 21.9. The third-order valence-electron chi connectivity index (χ3n) is 5.48. The Kier molecular flexibility index (Phi) is 5.57. The van der Waals surface area contributed by atoms with Crippen molar-refractivity contribution in [3.8, 4) is 11.1 Å². The van der Waals surface area contributed by atoms with E-state index in [1.54, 1.807) is 4.90 Å². The molecular formula is C29H20BrNO. The fourth-order valence-electron chi connectivity index (χ4n) is 3.87. The van der Waals surface area contributed by atoms with Crippen LogP contribution in [-0.2, 0) is 4.79 Å². The lowest BCUT2D eigenvalue weighted by molar-refractivity contribution is -0.113. The predicted molar refractivity (Wildman–Crippen MR) is 136 cm³/mol. The quantitative estimate of drug-likeness (QED) is 0.277. The number of carbonyl (C=O) groups is 1. The molecule has 0 radical (unpaired) electrons. The summed E-state index contributed by atoms with van der Waals surface area (Å²) in [6, 6.07) is 36.4. The molecule has 0 bridgehead atoms. The topological polar surface area (TPSA) is 20.3 Å². The Labute approximate surface area is 196 Å². The Morgan fingerprint density at radius 2 is 1.19 bits per heavy atom. The van der Waals surface area contributed by atoms with Gasteiger partial charge < -0.3 is 0 Å². The molecule has 4 aromatic carbocycles. The molecule has 32 heavy (non-hydrogen) atoms. The first-order chi connectivity index (χ1) is 15.7. The fourth-order valence-corrected chi connectivity index (χ4v) is 4.13. The monoisotopic (exact) mass is 477 g/mol. The maximum Gasteiger partial charge on any atom is 0.262 e. The van der Waals surface area contributed by atoms with E-state index in [0.29, 0.717) is 5.57 Å². The van der Waals surface area contributed by atoms with Crippen LogP contribution in [0.1, 0.15) is 11.1 Å². The van der Waals surface area contributed by atoms with E-state index in [4.69, 9.17) is 0 Å². The molecule has 2 nitrogen and oxygen atoms in total. The van der Waals surface area contributed by atoms with Gasteiger partial charge in [0.15, 0.2) is 0 Å². The number of hydrogen-bond donors (Lipinski definition) is 0. The molecule has 4 aromatic rings. The standard InChI is InChI=1S/C29H20BrNO/c30-26-15-11-21(12-16-26)19-25-20-28(24-9-5-2-6-10-24)31(29(25)32)27-17-13-23(14-18-27)22-7-3-1-4-8-22/h1-20H/b25-19+. The third kappa shape index (κ3) is 4.08. The van der Waals surface area contributed by atoms with Crippen molar-refractivity contribution in [3.63, 3.8) is 0 Å². The Morgan fingerprint density at radius 1 is 0.625 bits per heavy atom. The average molecular weight is 478 g/mol. The molecule has 154 valence electrons. The van der Waals surface area contributed by atoms with Gasteiger partial charge in [-0.2, -0.15) is 0 Å². The normalized spacial score (nSPS) is 14.7. The molecule has 0 unspecified atom stereocenters. The number of hydrogen-bond acceptors (Lipinski definition) is 1. The van der Waals surface area contributed by atoms with Crippen LogP contribution in [0, 0.1) is 0 Å². The van der Waals surface area contributed by atoms with Gasteiger partial charge in [-0.1, -0.05) is 101 Å². The minimum Gasteiger partial charge on any atom is -0.276 e.